The number of carbonyl (C=O) groups excluding carboxylic acids is 2. The molecule has 0 saturated carbocycles. The number of methoxy groups -OCH3 is 1. The topological polar surface area (TPSA) is 77.3 Å². The van der Waals surface area contributed by atoms with Crippen LogP contribution in [0.25, 0.3) is 0 Å². The Labute approximate surface area is 149 Å². The van der Waals surface area contributed by atoms with Gasteiger partial charge in [-0.05, 0) is 29.8 Å². The number of aromatic nitrogens is 3. The van der Waals surface area contributed by atoms with Crippen molar-refractivity contribution in [2.24, 2.45) is 0 Å². The van der Waals surface area contributed by atoms with E-state index in [1.54, 1.807) is 42.3 Å². The minimum Gasteiger partial charge on any atom is -0.497 e. The van der Waals surface area contributed by atoms with Crippen molar-refractivity contribution < 1.29 is 14.3 Å². The van der Waals surface area contributed by atoms with E-state index in [0.29, 0.717) is 23.4 Å². The molecule has 2 amide bonds. The number of rotatable bonds is 5. The molecular formula is C19H16N4O3. The number of hydrogen-bond donors (Lipinski definition) is 0. The molecule has 0 spiro atoms. The first-order chi connectivity index (χ1) is 12.7. The number of ether oxygens (including phenoxy) is 1. The minimum atomic E-state index is -0.296. The second-order valence-electron chi connectivity index (χ2n) is 6.00. The Bertz CT molecular complexity index is 943. The third kappa shape index (κ3) is 2.83. The van der Waals surface area contributed by atoms with Crippen LogP contribution in [0.2, 0.25) is 0 Å². The summed E-state index contributed by atoms with van der Waals surface area (Å²) in [4.78, 5) is 26.0. The van der Waals surface area contributed by atoms with Crippen molar-refractivity contribution >= 4 is 11.8 Å². The van der Waals surface area contributed by atoms with Gasteiger partial charge in [0.2, 0.25) is 0 Å². The van der Waals surface area contributed by atoms with Gasteiger partial charge in [0.05, 0.1) is 37.5 Å². The number of amides is 2. The Kier molecular flexibility index (Phi) is 3.96. The quantitative estimate of drug-likeness (QED) is 0.660. The van der Waals surface area contributed by atoms with E-state index in [0.717, 1.165) is 11.3 Å². The molecule has 0 aliphatic carbocycles. The van der Waals surface area contributed by atoms with E-state index in [2.05, 4.69) is 10.3 Å². The molecule has 7 nitrogen and oxygen atoms in total. The molecule has 0 fully saturated rings. The molecule has 26 heavy (non-hydrogen) atoms. The lowest BCUT2D eigenvalue weighted by Gasteiger charge is -2.11. The van der Waals surface area contributed by atoms with Gasteiger partial charge in [-0.3, -0.25) is 14.5 Å². The summed E-state index contributed by atoms with van der Waals surface area (Å²) in [7, 11) is 1.62. The van der Waals surface area contributed by atoms with E-state index in [1.165, 1.54) is 4.90 Å². The SMILES string of the molecule is COc1ccc(Cn2cc(CN3C(=O)c4ccccc4C3=O)nn2)cc1. The predicted molar refractivity (Wildman–Crippen MR) is 92.8 cm³/mol. The molecule has 1 aliphatic rings. The van der Waals surface area contributed by atoms with Crippen LogP contribution in [0.1, 0.15) is 32.0 Å². The molecule has 3 aromatic rings. The smallest absolute Gasteiger partial charge is 0.261 e. The fraction of sp³-hybridized carbons (Fsp3) is 0.158. The standard InChI is InChI=1S/C19H16N4O3/c1-26-15-8-6-13(7-9-15)10-22-11-14(20-21-22)12-23-18(24)16-4-2-3-5-17(16)19(23)25/h2-9,11H,10,12H2,1H3. The normalized spacial score (nSPS) is 13.2. The zero-order valence-electron chi connectivity index (χ0n) is 14.1. The number of hydrogen-bond acceptors (Lipinski definition) is 5. The van der Waals surface area contributed by atoms with Crippen LogP contribution in [0.4, 0.5) is 0 Å². The van der Waals surface area contributed by atoms with Gasteiger partial charge in [-0.1, -0.05) is 29.5 Å². The van der Waals surface area contributed by atoms with Gasteiger partial charge in [0.25, 0.3) is 11.8 Å². The average Bonchev–Trinajstić information content (AvgIpc) is 3.21. The van der Waals surface area contributed by atoms with Gasteiger partial charge in [-0.25, -0.2) is 4.68 Å². The van der Waals surface area contributed by atoms with Crippen molar-refractivity contribution in [1.29, 1.82) is 0 Å². The van der Waals surface area contributed by atoms with Crippen LogP contribution in [-0.2, 0) is 13.1 Å². The molecule has 0 radical (unpaired) electrons. The van der Waals surface area contributed by atoms with Gasteiger partial charge in [-0.15, -0.1) is 5.10 Å². The molecule has 0 bridgehead atoms. The molecule has 130 valence electrons. The lowest BCUT2D eigenvalue weighted by atomic mass is 10.1. The van der Waals surface area contributed by atoms with Gasteiger partial charge >= 0.3 is 0 Å². The van der Waals surface area contributed by atoms with Crippen molar-refractivity contribution in [1.82, 2.24) is 19.9 Å². The van der Waals surface area contributed by atoms with Crippen molar-refractivity contribution in [3.8, 4) is 5.75 Å². The summed E-state index contributed by atoms with van der Waals surface area (Å²) in [5, 5.41) is 8.16. The number of carbonyl (C=O) groups is 2. The summed E-state index contributed by atoms with van der Waals surface area (Å²) in [6.45, 7) is 0.647. The van der Waals surface area contributed by atoms with E-state index in [1.807, 2.05) is 24.3 Å². The maximum Gasteiger partial charge on any atom is 0.261 e. The summed E-state index contributed by atoms with van der Waals surface area (Å²) in [6, 6.07) is 14.5. The van der Waals surface area contributed by atoms with Crippen LogP contribution in [0.3, 0.4) is 0 Å². The van der Waals surface area contributed by atoms with Gasteiger partial charge in [-0.2, -0.15) is 0 Å². The largest absolute Gasteiger partial charge is 0.497 e. The highest BCUT2D eigenvalue weighted by molar-refractivity contribution is 6.21. The number of fused-ring (bicyclic) bond motifs is 1. The van der Waals surface area contributed by atoms with Crippen LogP contribution in [0, 0.1) is 0 Å². The zero-order chi connectivity index (χ0) is 18.1. The van der Waals surface area contributed by atoms with Crippen LogP contribution in [0.15, 0.2) is 54.7 Å². The fourth-order valence-electron chi connectivity index (χ4n) is 2.95. The molecule has 0 unspecified atom stereocenters. The highest BCUT2D eigenvalue weighted by atomic mass is 16.5. The lowest BCUT2D eigenvalue weighted by Crippen LogP contribution is -2.29. The molecular weight excluding hydrogens is 332 g/mol. The average molecular weight is 348 g/mol. The molecule has 2 aromatic carbocycles. The third-order valence-electron chi connectivity index (χ3n) is 4.29. The summed E-state index contributed by atoms with van der Waals surface area (Å²) >= 11 is 0. The van der Waals surface area contributed by atoms with Gasteiger partial charge in [0.1, 0.15) is 11.4 Å². The summed E-state index contributed by atoms with van der Waals surface area (Å²) in [6.07, 6.45) is 1.74. The van der Waals surface area contributed by atoms with Crippen molar-refractivity contribution in [3.63, 3.8) is 0 Å². The van der Waals surface area contributed by atoms with Gasteiger partial charge in [0.15, 0.2) is 0 Å². The first-order valence-electron chi connectivity index (χ1n) is 8.13. The Balaban J connectivity index is 1.47. The fourth-order valence-corrected chi connectivity index (χ4v) is 2.95. The highest BCUT2D eigenvalue weighted by Crippen LogP contribution is 2.23. The Morgan fingerprint density at radius 2 is 1.58 bits per heavy atom. The lowest BCUT2D eigenvalue weighted by molar-refractivity contribution is 0.0640. The first-order valence-corrected chi connectivity index (χ1v) is 8.13. The van der Waals surface area contributed by atoms with Gasteiger partial charge < -0.3 is 4.74 Å². The molecule has 4 rings (SSSR count). The molecule has 1 aromatic heterocycles. The van der Waals surface area contributed by atoms with E-state index in [9.17, 15) is 9.59 Å². The molecule has 2 heterocycles. The Morgan fingerprint density at radius 3 is 2.19 bits per heavy atom. The van der Waals surface area contributed by atoms with Crippen molar-refractivity contribution in [2.45, 2.75) is 13.1 Å². The van der Waals surface area contributed by atoms with E-state index >= 15 is 0 Å². The highest BCUT2D eigenvalue weighted by Gasteiger charge is 2.35. The van der Waals surface area contributed by atoms with E-state index in [-0.39, 0.29) is 18.4 Å². The number of imide groups is 1. The molecule has 0 N–H and O–H groups in total. The first kappa shape index (κ1) is 16.0. The second-order valence-corrected chi connectivity index (χ2v) is 6.00. The zero-order valence-corrected chi connectivity index (χ0v) is 14.1. The number of benzene rings is 2. The second kappa shape index (κ2) is 6.44. The molecule has 0 saturated heterocycles. The third-order valence-corrected chi connectivity index (χ3v) is 4.29. The summed E-state index contributed by atoms with van der Waals surface area (Å²) in [5.74, 6) is 0.198. The van der Waals surface area contributed by atoms with Crippen LogP contribution in [-0.4, -0.2) is 38.8 Å². The Hall–Kier alpha value is -3.48. The van der Waals surface area contributed by atoms with Crippen LogP contribution in [0.5, 0.6) is 5.75 Å². The van der Waals surface area contributed by atoms with E-state index < -0.39 is 0 Å². The summed E-state index contributed by atoms with van der Waals surface area (Å²) in [5.41, 5.74) is 2.47. The Morgan fingerprint density at radius 1 is 0.923 bits per heavy atom. The summed E-state index contributed by atoms with van der Waals surface area (Å²) < 4.78 is 6.82. The maximum absolute atomic E-state index is 12.4. The molecule has 7 heteroatoms. The van der Waals surface area contributed by atoms with Crippen molar-refractivity contribution in [2.75, 3.05) is 7.11 Å². The van der Waals surface area contributed by atoms with E-state index in [4.69, 9.17) is 4.74 Å². The van der Waals surface area contributed by atoms with Crippen molar-refractivity contribution in [3.05, 3.63) is 77.1 Å². The van der Waals surface area contributed by atoms with Gasteiger partial charge in [0, 0.05) is 0 Å². The maximum atomic E-state index is 12.4. The molecule has 1 aliphatic heterocycles. The van der Waals surface area contributed by atoms with Crippen LogP contribution < -0.4 is 4.74 Å². The number of nitrogens with zero attached hydrogens (tertiary/aromatic N) is 4. The molecule has 0 atom stereocenters. The monoisotopic (exact) mass is 348 g/mol. The minimum absolute atomic E-state index is 0.106. The van der Waals surface area contributed by atoms with Crippen LogP contribution >= 0.6 is 0 Å². The predicted octanol–water partition coefficient (Wildman–Crippen LogP) is 2.13.